The molecule has 0 spiro atoms. The number of amides is 1. The zero-order valence-corrected chi connectivity index (χ0v) is 20.0. The van der Waals surface area contributed by atoms with Gasteiger partial charge in [0, 0.05) is 19.0 Å². The molecule has 7 nitrogen and oxygen atoms in total. The van der Waals surface area contributed by atoms with Crippen LogP contribution in [0, 0.1) is 5.92 Å². The van der Waals surface area contributed by atoms with Gasteiger partial charge in [0.05, 0.1) is 24.4 Å². The van der Waals surface area contributed by atoms with Gasteiger partial charge in [-0.2, -0.15) is 0 Å². The number of pyridine rings is 1. The van der Waals surface area contributed by atoms with Gasteiger partial charge in [-0.05, 0) is 56.2 Å². The normalized spacial score (nSPS) is 11.6. The van der Waals surface area contributed by atoms with E-state index in [1.165, 1.54) is 0 Å². The Morgan fingerprint density at radius 1 is 1.00 bits per heavy atom. The Labute approximate surface area is 201 Å². The van der Waals surface area contributed by atoms with E-state index in [1.807, 2.05) is 43.3 Å². The number of aliphatic hydroxyl groups excluding tert-OH is 1. The summed E-state index contributed by atoms with van der Waals surface area (Å²) in [5.41, 5.74) is 2.69. The minimum Gasteiger partial charge on any atom is -0.466 e. The van der Waals surface area contributed by atoms with Gasteiger partial charge in [0.25, 0.3) is 0 Å². The largest absolute Gasteiger partial charge is 0.466 e. The molecule has 0 aliphatic carbocycles. The van der Waals surface area contributed by atoms with Crippen LogP contribution in [-0.2, 0) is 32.0 Å². The third kappa shape index (κ3) is 10.7. The third-order valence-electron chi connectivity index (χ3n) is 5.59. The van der Waals surface area contributed by atoms with Crippen molar-refractivity contribution in [3.63, 3.8) is 0 Å². The number of hydrogen-bond donors (Lipinski definition) is 2. The van der Waals surface area contributed by atoms with Crippen molar-refractivity contribution in [3.8, 4) is 0 Å². The summed E-state index contributed by atoms with van der Waals surface area (Å²) in [5.74, 6) is -0.643. The van der Waals surface area contributed by atoms with Crippen molar-refractivity contribution >= 4 is 23.3 Å². The summed E-state index contributed by atoms with van der Waals surface area (Å²) in [7, 11) is 0. The minimum absolute atomic E-state index is 0.0705. The molecule has 34 heavy (non-hydrogen) atoms. The number of nitrogens with zero attached hydrogens (tertiary/aromatic N) is 1. The Balaban J connectivity index is 1.81. The molecule has 0 bridgehead atoms. The first-order valence-corrected chi connectivity index (χ1v) is 12.1. The number of ether oxygens (including phenoxy) is 1. The second-order valence-electron chi connectivity index (χ2n) is 8.42. The fourth-order valence-corrected chi connectivity index (χ4v) is 3.76. The number of benzene rings is 1. The van der Waals surface area contributed by atoms with Gasteiger partial charge in [0.15, 0.2) is 5.78 Å². The van der Waals surface area contributed by atoms with E-state index < -0.39 is 6.61 Å². The van der Waals surface area contributed by atoms with Gasteiger partial charge in [-0.1, -0.05) is 43.2 Å². The predicted molar refractivity (Wildman–Crippen MR) is 131 cm³/mol. The van der Waals surface area contributed by atoms with Crippen molar-refractivity contribution in [2.75, 3.05) is 18.5 Å². The highest BCUT2D eigenvalue weighted by molar-refractivity contribution is 5.90. The summed E-state index contributed by atoms with van der Waals surface area (Å²) in [6.45, 7) is 1.77. The van der Waals surface area contributed by atoms with E-state index in [2.05, 4.69) is 10.3 Å². The van der Waals surface area contributed by atoms with Crippen LogP contribution in [0.5, 0.6) is 0 Å². The predicted octanol–water partition coefficient (Wildman–Crippen LogP) is 4.28. The molecule has 0 saturated heterocycles. The Kier molecular flexibility index (Phi) is 12.6. The molecule has 1 aromatic carbocycles. The number of carbonyl (C=O) groups excluding carboxylic acids is 3. The van der Waals surface area contributed by atoms with Crippen molar-refractivity contribution in [3.05, 3.63) is 59.9 Å². The zero-order chi connectivity index (χ0) is 24.6. The fourth-order valence-electron chi connectivity index (χ4n) is 3.76. The molecule has 7 heteroatoms. The lowest BCUT2D eigenvalue weighted by atomic mass is 9.93. The molecular formula is C27H36N2O5. The number of aromatic nitrogens is 1. The molecule has 2 N–H and O–H groups in total. The number of anilines is 1. The summed E-state index contributed by atoms with van der Waals surface area (Å²) in [4.78, 5) is 40.0. The molecule has 1 amide bonds. The molecule has 0 radical (unpaired) electrons. The maximum Gasteiger partial charge on any atom is 0.309 e. The molecular weight excluding hydrogens is 432 g/mol. The minimum atomic E-state index is -0.397. The number of aliphatic hydroxyl groups is 1. The van der Waals surface area contributed by atoms with E-state index in [4.69, 9.17) is 9.84 Å². The number of rotatable bonds is 16. The number of Topliss-reactive ketones (excluding diaryl/α,β-unsaturated/α-hetero) is 1. The van der Waals surface area contributed by atoms with Crippen molar-refractivity contribution < 1.29 is 24.2 Å². The smallest absolute Gasteiger partial charge is 0.309 e. The summed E-state index contributed by atoms with van der Waals surface area (Å²) in [6, 6.07) is 11.8. The van der Waals surface area contributed by atoms with E-state index in [-0.39, 0.29) is 23.6 Å². The SMILES string of the molecule is CCOC(=O)[C@@H](CCc1cncc(NC(=O)CCCCCCC(=O)CO)c1)Cc1ccccc1. The van der Waals surface area contributed by atoms with Gasteiger partial charge in [-0.15, -0.1) is 0 Å². The highest BCUT2D eigenvalue weighted by atomic mass is 16.5. The topological polar surface area (TPSA) is 106 Å². The van der Waals surface area contributed by atoms with Crippen LogP contribution in [0.25, 0.3) is 0 Å². The van der Waals surface area contributed by atoms with Crippen molar-refractivity contribution in [1.29, 1.82) is 0 Å². The van der Waals surface area contributed by atoms with E-state index in [0.717, 1.165) is 36.8 Å². The van der Waals surface area contributed by atoms with Crippen LogP contribution >= 0.6 is 0 Å². The highest BCUT2D eigenvalue weighted by Gasteiger charge is 2.20. The lowest BCUT2D eigenvalue weighted by Gasteiger charge is -2.16. The van der Waals surface area contributed by atoms with Crippen LogP contribution in [0.4, 0.5) is 5.69 Å². The molecule has 0 unspecified atom stereocenters. The molecule has 1 heterocycles. The lowest BCUT2D eigenvalue weighted by molar-refractivity contribution is -0.148. The summed E-state index contributed by atoms with van der Waals surface area (Å²) in [6.07, 6.45) is 9.29. The molecule has 2 aromatic rings. The summed E-state index contributed by atoms with van der Waals surface area (Å²) in [5, 5.41) is 11.6. The van der Waals surface area contributed by atoms with E-state index in [9.17, 15) is 14.4 Å². The van der Waals surface area contributed by atoms with E-state index in [0.29, 0.717) is 44.4 Å². The van der Waals surface area contributed by atoms with Gasteiger partial charge in [0.1, 0.15) is 6.61 Å². The van der Waals surface area contributed by atoms with E-state index in [1.54, 1.807) is 12.4 Å². The van der Waals surface area contributed by atoms with Gasteiger partial charge in [0.2, 0.25) is 5.91 Å². The van der Waals surface area contributed by atoms with Crippen LogP contribution in [0.15, 0.2) is 48.8 Å². The second kappa shape index (κ2) is 15.7. The average molecular weight is 469 g/mol. The van der Waals surface area contributed by atoms with Crippen molar-refractivity contribution in [2.24, 2.45) is 5.92 Å². The molecule has 1 atom stereocenters. The maximum absolute atomic E-state index is 12.5. The Morgan fingerprint density at radius 3 is 2.44 bits per heavy atom. The number of carbonyl (C=O) groups is 3. The second-order valence-corrected chi connectivity index (χ2v) is 8.42. The number of aryl methyl sites for hydroxylation is 1. The van der Waals surface area contributed by atoms with E-state index >= 15 is 0 Å². The first-order chi connectivity index (χ1) is 16.5. The summed E-state index contributed by atoms with van der Waals surface area (Å²) >= 11 is 0. The number of ketones is 1. The Bertz CT molecular complexity index is 901. The quantitative estimate of drug-likeness (QED) is 0.281. The van der Waals surface area contributed by atoms with Crippen LogP contribution in [0.3, 0.4) is 0 Å². The first kappa shape index (κ1) is 27.2. The zero-order valence-electron chi connectivity index (χ0n) is 20.0. The Morgan fingerprint density at radius 2 is 1.74 bits per heavy atom. The lowest BCUT2D eigenvalue weighted by Crippen LogP contribution is -2.21. The summed E-state index contributed by atoms with van der Waals surface area (Å²) < 4.78 is 5.28. The number of esters is 1. The van der Waals surface area contributed by atoms with Crippen molar-refractivity contribution in [1.82, 2.24) is 4.98 Å². The Hall–Kier alpha value is -3.06. The monoisotopic (exact) mass is 468 g/mol. The number of nitrogens with one attached hydrogen (secondary N) is 1. The molecule has 0 saturated carbocycles. The molecule has 2 rings (SSSR count). The fraction of sp³-hybridized carbons (Fsp3) is 0.481. The molecule has 184 valence electrons. The molecule has 0 aliphatic heterocycles. The average Bonchev–Trinajstić information content (AvgIpc) is 2.84. The van der Waals surface area contributed by atoms with Gasteiger partial charge in [-0.3, -0.25) is 19.4 Å². The third-order valence-corrected chi connectivity index (χ3v) is 5.59. The van der Waals surface area contributed by atoms with Crippen LogP contribution < -0.4 is 5.32 Å². The number of unbranched alkanes of at least 4 members (excludes halogenated alkanes) is 3. The van der Waals surface area contributed by atoms with Crippen molar-refractivity contribution in [2.45, 2.75) is 64.7 Å². The van der Waals surface area contributed by atoms with Crippen LogP contribution in [0.1, 0.15) is 63.0 Å². The molecule has 0 fully saturated rings. The number of hydrogen-bond acceptors (Lipinski definition) is 6. The molecule has 1 aromatic heterocycles. The highest BCUT2D eigenvalue weighted by Crippen LogP contribution is 2.19. The maximum atomic E-state index is 12.5. The molecule has 0 aliphatic rings. The first-order valence-electron chi connectivity index (χ1n) is 12.1. The van der Waals surface area contributed by atoms with Gasteiger partial charge < -0.3 is 15.2 Å². The van der Waals surface area contributed by atoms with Gasteiger partial charge in [-0.25, -0.2) is 0 Å². The van der Waals surface area contributed by atoms with Crippen LogP contribution in [0.2, 0.25) is 0 Å². The van der Waals surface area contributed by atoms with Gasteiger partial charge >= 0.3 is 5.97 Å². The standard InChI is InChI=1S/C27H36N2O5/c1-2-34-27(33)23(16-21-10-6-5-7-11-21)15-14-22-17-24(19-28-18-22)29-26(32)13-9-4-3-8-12-25(31)20-30/h5-7,10-11,17-19,23,30H,2-4,8-9,12-16,20H2,1H3,(H,29,32)/t23-/m0/s1. The van der Waals surface area contributed by atoms with Crippen LogP contribution in [-0.4, -0.2) is 41.0 Å².